The molecule has 1 saturated heterocycles. The van der Waals surface area contributed by atoms with Crippen molar-refractivity contribution in [2.75, 3.05) is 25.1 Å². The van der Waals surface area contributed by atoms with Gasteiger partial charge in [-0.05, 0) is 38.1 Å². The number of methoxy groups -OCH3 is 1. The van der Waals surface area contributed by atoms with Gasteiger partial charge in [0, 0.05) is 37.2 Å². The highest BCUT2D eigenvalue weighted by molar-refractivity contribution is 5.78. The van der Waals surface area contributed by atoms with Gasteiger partial charge in [0.05, 0.1) is 30.6 Å². The molecule has 1 aliphatic rings. The minimum atomic E-state index is 0.145. The Kier molecular flexibility index (Phi) is 4.77. The van der Waals surface area contributed by atoms with Gasteiger partial charge in [-0.2, -0.15) is 0 Å². The van der Waals surface area contributed by atoms with Gasteiger partial charge in [0.1, 0.15) is 11.6 Å². The zero-order valence-corrected chi connectivity index (χ0v) is 15.7. The van der Waals surface area contributed by atoms with Crippen LogP contribution in [-0.4, -0.2) is 52.3 Å². The quantitative estimate of drug-likeness (QED) is 0.765. The van der Waals surface area contributed by atoms with E-state index in [1.165, 1.54) is 0 Å². The Labute approximate surface area is 158 Å². The van der Waals surface area contributed by atoms with Gasteiger partial charge < -0.3 is 19.4 Å². The maximum Gasteiger partial charge on any atom is 0.226 e. The number of aromatic nitrogens is 4. The van der Waals surface area contributed by atoms with E-state index in [0.29, 0.717) is 5.95 Å². The lowest BCUT2D eigenvalue weighted by Gasteiger charge is -2.35. The zero-order chi connectivity index (χ0) is 18.8. The number of hydrogen-bond donors (Lipinski definition) is 1. The lowest BCUT2D eigenvalue weighted by atomic mass is 10.1. The highest BCUT2D eigenvalue weighted by atomic mass is 16.5. The summed E-state index contributed by atoms with van der Waals surface area (Å²) in [6, 6.07) is 7.87. The van der Waals surface area contributed by atoms with Gasteiger partial charge in [-0.3, -0.25) is 0 Å². The Morgan fingerprint density at radius 3 is 2.48 bits per heavy atom. The number of nitrogens with zero attached hydrogens (tertiary/aromatic N) is 4. The number of nitrogens with one attached hydrogen (secondary N) is 1. The highest BCUT2D eigenvalue weighted by Crippen LogP contribution is 2.31. The summed E-state index contributed by atoms with van der Waals surface area (Å²) in [6.45, 7) is 5.69. The molecule has 1 N–H and O–H groups in total. The minimum absolute atomic E-state index is 0.145. The van der Waals surface area contributed by atoms with E-state index in [1.54, 1.807) is 19.5 Å². The lowest BCUT2D eigenvalue weighted by molar-refractivity contribution is -0.00571. The van der Waals surface area contributed by atoms with Crippen LogP contribution in [0.15, 0.2) is 42.9 Å². The van der Waals surface area contributed by atoms with E-state index >= 15 is 0 Å². The van der Waals surface area contributed by atoms with Crippen molar-refractivity contribution in [2.24, 2.45) is 0 Å². The summed E-state index contributed by atoms with van der Waals surface area (Å²) in [5.41, 5.74) is 2.69. The van der Waals surface area contributed by atoms with E-state index < -0.39 is 0 Å². The molecule has 7 heteroatoms. The Morgan fingerprint density at radius 1 is 1.11 bits per heavy atom. The summed E-state index contributed by atoms with van der Waals surface area (Å²) >= 11 is 0. The summed E-state index contributed by atoms with van der Waals surface area (Å²) in [5, 5.41) is 0. The van der Waals surface area contributed by atoms with Crippen LogP contribution in [0.25, 0.3) is 22.6 Å². The van der Waals surface area contributed by atoms with Gasteiger partial charge in [0.25, 0.3) is 0 Å². The molecule has 0 amide bonds. The van der Waals surface area contributed by atoms with Gasteiger partial charge in [0.15, 0.2) is 0 Å². The predicted molar refractivity (Wildman–Crippen MR) is 104 cm³/mol. The van der Waals surface area contributed by atoms with Crippen molar-refractivity contribution in [3.8, 4) is 28.4 Å². The summed E-state index contributed by atoms with van der Waals surface area (Å²) in [4.78, 5) is 19.2. The number of hydrogen-bond acceptors (Lipinski definition) is 6. The van der Waals surface area contributed by atoms with Crippen molar-refractivity contribution < 1.29 is 9.47 Å². The van der Waals surface area contributed by atoms with Crippen LogP contribution in [0.3, 0.4) is 0 Å². The van der Waals surface area contributed by atoms with Gasteiger partial charge >= 0.3 is 0 Å². The molecule has 140 valence electrons. The maximum atomic E-state index is 5.83. The molecule has 1 aliphatic heterocycles. The third-order valence-electron chi connectivity index (χ3n) is 4.60. The predicted octanol–water partition coefficient (Wildman–Crippen LogP) is 3.16. The van der Waals surface area contributed by atoms with E-state index in [9.17, 15) is 0 Å². The number of rotatable bonds is 4. The van der Waals surface area contributed by atoms with Gasteiger partial charge in [-0.15, -0.1) is 0 Å². The fourth-order valence-corrected chi connectivity index (χ4v) is 3.42. The molecule has 0 bridgehead atoms. The molecule has 3 aromatic rings. The van der Waals surface area contributed by atoms with Crippen LogP contribution >= 0.6 is 0 Å². The SMILES string of the molecule is COc1ccc(-c2nc(N3C[C@H](C)O[C@@H](C)C3)ncc2-c2ncc[nH]2)cc1. The number of aromatic amines is 1. The van der Waals surface area contributed by atoms with Crippen molar-refractivity contribution in [3.05, 3.63) is 42.9 Å². The van der Waals surface area contributed by atoms with Crippen molar-refractivity contribution >= 4 is 5.95 Å². The van der Waals surface area contributed by atoms with E-state index in [1.807, 2.05) is 30.5 Å². The number of ether oxygens (including phenoxy) is 2. The molecular formula is C20H23N5O2. The first-order valence-corrected chi connectivity index (χ1v) is 9.05. The Balaban J connectivity index is 1.77. The fourth-order valence-electron chi connectivity index (χ4n) is 3.42. The number of H-pyrrole nitrogens is 1. The number of anilines is 1. The molecule has 7 nitrogen and oxygen atoms in total. The average Bonchev–Trinajstić information content (AvgIpc) is 3.21. The third-order valence-corrected chi connectivity index (χ3v) is 4.60. The maximum absolute atomic E-state index is 5.83. The van der Waals surface area contributed by atoms with E-state index in [2.05, 4.69) is 33.7 Å². The fraction of sp³-hybridized carbons (Fsp3) is 0.350. The molecule has 1 fully saturated rings. The molecule has 0 radical (unpaired) electrons. The van der Waals surface area contributed by atoms with E-state index in [0.717, 1.165) is 41.5 Å². The number of morpholine rings is 1. The molecule has 0 aliphatic carbocycles. The molecule has 2 atom stereocenters. The first-order valence-electron chi connectivity index (χ1n) is 9.05. The summed E-state index contributed by atoms with van der Waals surface area (Å²) in [7, 11) is 1.66. The molecule has 0 unspecified atom stereocenters. The molecular weight excluding hydrogens is 342 g/mol. The second-order valence-corrected chi connectivity index (χ2v) is 6.76. The van der Waals surface area contributed by atoms with Gasteiger partial charge in [0.2, 0.25) is 5.95 Å². The van der Waals surface area contributed by atoms with Crippen LogP contribution in [0, 0.1) is 0 Å². The monoisotopic (exact) mass is 365 g/mol. The number of imidazole rings is 1. The second-order valence-electron chi connectivity index (χ2n) is 6.76. The average molecular weight is 365 g/mol. The zero-order valence-electron chi connectivity index (χ0n) is 15.7. The van der Waals surface area contributed by atoms with Gasteiger partial charge in [-0.1, -0.05) is 0 Å². The molecule has 0 saturated carbocycles. The Bertz CT molecular complexity index is 885. The molecule has 0 spiro atoms. The smallest absolute Gasteiger partial charge is 0.226 e. The largest absolute Gasteiger partial charge is 0.497 e. The normalized spacial score (nSPS) is 19.9. The molecule has 2 aromatic heterocycles. The summed E-state index contributed by atoms with van der Waals surface area (Å²) < 4.78 is 11.1. The first kappa shape index (κ1) is 17.5. The highest BCUT2D eigenvalue weighted by Gasteiger charge is 2.25. The number of benzene rings is 1. The van der Waals surface area contributed by atoms with E-state index in [4.69, 9.17) is 14.5 Å². The molecule has 4 rings (SSSR count). The van der Waals surface area contributed by atoms with Crippen LogP contribution in [0.2, 0.25) is 0 Å². The Morgan fingerprint density at radius 2 is 1.85 bits per heavy atom. The van der Waals surface area contributed by atoms with Crippen molar-refractivity contribution in [1.82, 2.24) is 19.9 Å². The van der Waals surface area contributed by atoms with Crippen molar-refractivity contribution in [3.63, 3.8) is 0 Å². The lowest BCUT2D eigenvalue weighted by Crippen LogP contribution is -2.46. The van der Waals surface area contributed by atoms with Crippen molar-refractivity contribution in [2.45, 2.75) is 26.1 Å². The van der Waals surface area contributed by atoms with Crippen LogP contribution in [-0.2, 0) is 4.74 Å². The van der Waals surface area contributed by atoms with Crippen LogP contribution in [0.1, 0.15) is 13.8 Å². The molecule has 1 aromatic carbocycles. The Hall–Kier alpha value is -2.93. The first-order chi connectivity index (χ1) is 13.1. The van der Waals surface area contributed by atoms with Crippen LogP contribution in [0.4, 0.5) is 5.95 Å². The third kappa shape index (κ3) is 3.64. The van der Waals surface area contributed by atoms with Crippen LogP contribution in [0.5, 0.6) is 5.75 Å². The standard InChI is InChI=1S/C20H23N5O2/c1-13-11-25(12-14(2)27-13)20-23-10-17(19-21-8-9-22-19)18(24-20)15-4-6-16(26-3)7-5-15/h4-10,13-14H,11-12H2,1-3H3,(H,21,22)/t13-,14-/m0/s1. The van der Waals surface area contributed by atoms with Crippen LogP contribution < -0.4 is 9.64 Å². The molecule has 27 heavy (non-hydrogen) atoms. The molecule has 3 heterocycles. The van der Waals surface area contributed by atoms with Gasteiger partial charge in [-0.25, -0.2) is 15.0 Å². The summed E-state index contributed by atoms with van der Waals surface area (Å²) in [6.07, 6.45) is 5.66. The van der Waals surface area contributed by atoms with E-state index in [-0.39, 0.29) is 12.2 Å². The summed E-state index contributed by atoms with van der Waals surface area (Å²) in [5.74, 6) is 2.26. The minimum Gasteiger partial charge on any atom is -0.497 e. The second kappa shape index (κ2) is 7.36. The van der Waals surface area contributed by atoms with Crippen molar-refractivity contribution in [1.29, 1.82) is 0 Å². The topological polar surface area (TPSA) is 76.2 Å².